The summed E-state index contributed by atoms with van der Waals surface area (Å²) in [5, 5.41) is 2.96. The quantitative estimate of drug-likeness (QED) is 0.735. The lowest BCUT2D eigenvalue weighted by Gasteiger charge is -2.23. The van der Waals surface area contributed by atoms with Gasteiger partial charge in [0.15, 0.2) is 0 Å². The second-order valence-corrected chi connectivity index (χ2v) is 5.57. The summed E-state index contributed by atoms with van der Waals surface area (Å²) in [6.07, 6.45) is 1.69. The number of anilines is 1. The average molecular weight is 291 g/mol. The maximum Gasteiger partial charge on any atom is 0.225 e. The lowest BCUT2D eigenvalue weighted by Crippen LogP contribution is -2.31. The van der Waals surface area contributed by atoms with Crippen molar-refractivity contribution < 1.29 is 4.79 Å². The van der Waals surface area contributed by atoms with E-state index in [4.69, 9.17) is 5.73 Å². The van der Waals surface area contributed by atoms with E-state index < -0.39 is 0 Å². The molecule has 1 aromatic carbocycles. The van der Waals surface area contributed by atoms with Gasteiger partial charge < -0.3 is 16.0 Å². The highest BCUT2D eigenvalue weighted by molar-refractivity contribution is 5.91. The standard InChI is InChI=1S/C17H29N3O/c1-4-14(3)13-20(5-2)11-10-17(21)19-16-9-7-6-8-15(16)12-18/h6-9,14H,4-5,10-13,18H2,1-3H3,(H,19,21). The Morgan fingerprint density at radius 2 is 2.05 bits per heavy atom. The van der Waals surface area contributed by atoms with Crippen LogP contribution in [0.15, 0.2) is 24.3 Å². The van der Waals surface area contributed by atoms with E-state index in [9.17, 15) is 4.79 Å². The number of amides is 1. The van der Waals surface area contributed by atoms with Crippen molar-refractivity contribution in [1.29, 1.82) is 0 Å². The highest BCUT2D eigenvalue weighted by atomic mass is 16.1. The van der Waals surface area contributed by atoms with Crippen LogP contribution in [0.4, 0.5) is 5.69 Å². The minimum Gasteiger partial charge on any atom is -0.326 e. The zero-order valence-corrected chi connectivity index (χ0v) is 13.6. The third kappa shape index (κ3) is 6.27. The molecule has 0 heterocycles. The lowest BCUT2D eigenvalue weighted by molar-refractivity contribution is -0.116. The van der Waals surface area contributed by atoms with E-state index in [0.717, 1.165) is 30.9 Å². The molecule has 0 aliphatic rings. The van der Waals surface area contributed by atoms with Gasteiger partial charge in [0, 0.05) is 31.7 Å². The summed E-state index contributed by atoms with van der Waals surface area (Å²) in [6.45, 7) is 9.87. The predicted molar refractivity (Wildman–Crippen MR) is 89.1 cm³/mol. The monoisotopic (exact) mass is 291 g/mol. The number of carbonyl (C=O) groups is 1. The SMILES string of the molecule is CCC(C)CN(CC)CCC(=O)Nc1ccccc1CN. The number of nitrogens with two attached hydrogens (primary N) is 1. The van der Waals surface area contributed by atoms with Crippen LogP contribution < -0.4 is 11.1 Å². The molecule has 0 saturated carbocycles. The van der Waals surface area contributed by atoms with Gasteiger partial charge in [-0.1, -0.05) is 45.4 Å². The van der Waals surface area contributed by atoms with Gasteiger partial charge in [-0.25, -0.2) is 0 Å². The zero-order chi connectivity index (χ0) is 15.7. The molecule has 21 heavy (non-hydrogen) atoms. The smallest absolute Gasteiger partial charge is 0.225 e. The Bertz CT molecular complexity index is 434. The van der Waals surface area contributed by atoms with E-state index in [-0.39, 0.29) is 5.91 Å². The Labute approximate surface area is 128 Å². The van der Waals surface area contributed by atoms with Crippen LogP contribution in [0.3, 0.4) is 0 Å². The average Bonchev–Trinajstić information content (AvgIpc) is 2.51. The Kier molecular flexibility index (Phi) is 8.01. The molecule has 1 rings (SSSR count). The summed E-state index contributed by atoms with van der Waals surface area (Å²) in [5.74, 6) is 0.726. The predicted octanol–water partition coefficient (Wildman–Crippen LogP) is 2.84. The number of hydrogen-bond donors (Lipinski definition) is 2. The van der Waals surface area contributed by atoms with Crippen LogP contribution in [0, 0.1) is 5.92 Å². The molecule has 0 bridgehead atoms. The van der Waals surface area contributed by atoms with Gasteiger partial charge in [0.1, 0.15) is 0 Å². The summed E-state index contributed by atoms with van der Waals surface area (Å²) in [6, 6.07) is 7.69. The largest absolute Gasteiger partial charge is 0.326 e. The van der Waals surface area contributed by atoms with E-state index >= 15 is 0 Å². The van der Waals surface area contributed by atoms with Crippen molar-refractivity contribution in [2.45, 2.75) is 40.2 Å². The van der Waals surface area contributed by atoms with Gasteiger partial charge in [-0.15, -0.1) is 0 Å². The number of benzene rings is 1. The molecular formula is C17H29N3O. The van der Waals surface area contributed by atoms with Crippen LogP contribution in [0.2, 0.25) is 0 Å². The normalized spacial score (nSPS) is 12.4. The molecule has 1 atom stereocenters. The van der Waals surface area contributed by atoms with Crippen LogP contribution in [-0.2, 0) is 11.3 Å². The maximum atomic E-state index is 12.1. The molecule has 0 fully saturated rings. The maximum absolute atomic E-state index is 12.1. The van der Waals surface area contributed by atoms with Crippen molar-refractivity contribution in [3.05, 3.63) is 29.8 Å². The second kappa shape index (κ2) is 9.53. The molecule has 1 aromatic rings. The van der Waals surface area contributed by atoms with Gasteiger partial charge in [0.05, 0.1) is 0 Å². The van der Waals surface area contributed by atoms with E-state index in [2.05, 4.69) is 31.0 Å². The van der Waals surface area contributed by atoms with Crippen molar-refractivity contribution in [1.82, 2.24) is 4.90 Å². The van der Waals surface area contributed by atoms with E-state index in [1.807, 2.05) is 24.3 Å². The summed E-state index contributed by atoms with van der Waals surface area (Å²) in [4.78, 5) is 14.4. The summed E-state index contributed by atoms with van der Waals surface area (Å²) >= 11 is 0. The number of nitrogens with one attached hydrogen (secondary N) is 1. The molecule has 1 amide bonds. The fourth-order valence-electron chi connectivity index (χ4n) is 2.24. The van der Waals surface area contributed by atoms with Crippen LogP contribution in [-0.4, -0.2) is 30.4 Å². The Morgan fingerprint density at radius 1 is 1.33 bits per heavy atom. The number of carbonyl (C=O) groups excluding carboxylic acids is 1. The Balaban J connectivity index is 2.46. The summed E-state index contributed by atoms with van der Waals surface area (Å²) < 4.78 is 0. The second-order valence-electron chi connectivity index (χ2n) is 5.57. The lowest BCUT2D eigenvalue weighted by atomic mass is 10.1. The van der Waals surface area contributed by atoms with Crippen LogP contribution in [0.1, 0.15) is 39.2 Å². The van der Waals surface area contributed by atoms with Crippen LogP contribution in [0.5, 0.6) is 0 Å². The molecule has 3 N–H and O–H groups in total. The Hall–Kier alpha value is -1.39. The molecule has 1 unspecified atom stereocenters. The fraction of sp³-hybridized carbons (Fsp3) is 0.588. The molecule has 0 radical (unpaired) electrons. The van der Waals surface area contributed by atoms with Crippen molar-refractivity contribution in [3.63, 3.8) is 0 Å². The van der Waals surface area contributed by atoms with Crippen molar-refractivity contribution in [2.24, 2.45) is 11.7 Å². The number of nitrogens with zero attached hydrogens (tertiary/aromatic N) is 1. The van der Waals surface area contributed by atoms with Gasteiger partial charge in [0.25, 0.3) is 0 Å². The molecule has 0 spiro atoms. The minimum absolute atomic E-state index is 0.0542. The Morgan fingerprint density at radius 3 is 2.67 bits per heavy atom. The first-order chi connectivity index (χ1) is 10.1. The summed E-state index contributed by atoms with van der Waals surface area (Å²) in [5.41, 5.74) is 7.48. The highest BCUT2D eigenvalue weighted by Crippen LogP contribution is 2.14. The summed E-state index contributed by atoms with van der Waals surface area (Å²) in [7, 11) is 0. The van der Waals surface area contributed by atoms with Crippen molar-refractivity contribution in [2.75, 3.05) is 25.0 Å². The number of para-hydroxylation sites is 1. The molecule has 0 aliphatic heterocycles. The van der Waals surface area contributed by atoms with Crippen LogP contribution in [0.25, 0.3) is 0 Å². The van der Waals surface area contributed by atoms with Crippen molar-refractivity contribution in [3.8, 4) is 0 Å². The van der Waals surface area contributed by atoms with Crippen molar-refractivity contribution >= 4 is 11.6 Å². The van der Waals surface area contributed by atoms with Gasteiger partial charge in [-0.05, 0) is 24.1 Å². The fourth-order valence-corrected chi connectivity index (χ4v) is 2.24. The van der Waals surface area contributed by atoms with Gasteiger partial charge in [-0.2, -0.15) is 0 Å². The molecule has 4 nitrogen and oxygen atoms in total. The molecule has 118 valence electrons. The third-order valence-electron chi connectivity index (χ3n) is 3.88. The number of rotatable bonds is 9. The zero-order valence-electron chi connectivity index (χ0n) is 13.6. The molecule has 0 saturated heterocycles. The first-order valence-electron chi connectivity index (χ1n) is 7.90. The first kappa shape index (κ1) is 17.7. The van der Waals surface area contributed by atoms with Crippen LogP contribution >= 0.6 is 0 Å². The third-order valence-corrected chi connectivity index (χ3v) is 3.88. The van der Waals surface area contributed by atoms with E-state index in [1.165, 1.54) is 6.42 Å². The van der Waals surface area contributed by atoms with Gasteiger partial charge >= 0.3 is 0 Å². The van der Waals surface area contributed by atoms with E-state index in [0.29, 0.717) is 18.9 Å². The molecule has 4 heteroatoms. The van der Waals surface area contributed by atoms with E-state index in [1.54, 1.807) is 0 Å². The molecule has 0 aliphatic carbocycles. The topological polar surface area (TPSA) is 58.4 Å². The van der Waals surface area contributed by atoms with Gasteiger partial charge in [0.2, 0.25) is 5.91 Å². The number of hydrogen-bond acceptors (Lipinski definition) is 3. The van der Waals surface area contributed by atoms with Gasteiger partial charge in [-0.3, -0.25) is 4.79 Å². The minimum atomic E-state index is 0.0542. The molecule has 0 aromatic heterocycles. The molecular weight excluding hydrogens is 262 g/mol. The highest BCUT2D eigenvalue weighted by Gasteiger charge is 2.10. The first-order valence-corrected chi connectivity index (χ1v) is 7.90.